The maximum Gasteiger partial charge on any atom is 0.410 e. The Kier molecular flexibility index (Phi) is 8.34. The fourth-order valence-corrected chi connectivity index (χ4v) is 4.47. The molecule has 8 nitrogen and oxygen atoms in total. The molecule has 190 valence electrons. The minimum atomic E-state index is -0.471. The lowest BCUT2D eigenvalue weighted by atomic mass is 9.97. The quantitative estimate of drug-likeness (QED) is 0.653. The van der Waals surface area contributed by atoms with Crippen LogP contribution in [0.25, 0.3) is 0 Å². The van der Waals surface area contributed by atoms with Crippen LogP contribution in [0.1, 0.15) is 45.7 Å². The molecule has 2 fully saturated rings. The van der Waals surface area contributed by atoms with Crippen molar-refractivity contribution < 1.29 is 19.1 Å². The standard InChI is InChI=1S/C26H42N4O4/c1-18(2)12-20-14-22(23(33-7)13-19(20)3)27-15-24(31)29-10-8-28(9-11-29)21-16-30(17-21)25(32)34-26(4,5)6/h13-14,18,21,27H,8-12,15-17H2,1-7H3. The molecule has 2 amide bonds. The van der Waals surface area contributed by atoms with Gasteiger partial charge in [-0.2, -0.15) is 0 Å². The van der Waals surface area contributed by atoms with Crippen molar-refractivity contribution >= 4 is 17.7 Å². The molecule has 3 rings (SSSR count). The van der Waals surface area contributed by atoms with E-state index >= 15 is 0 Å². The first-order chi connectivity index (χ1) is 16.0. The Hall–Kier alpha value is -2.48. The van der Waals surface area contributed by atoms with Crippen LogP contribution >= 0.6 is 0 Å². The molecule has 0 spiro atoms. The second-order valence-corrected chi connectivity index (χ2v) is 10.9. The molecule has 0 saturated carbocycles. The highest BCUT2D eigenvalue weighted by molar-refractivity contribution is 5.81. The third-order valence-electron chi connectivity index (χ3n) is 6.41. The number of nitrogens with one attached hydrogen (secondary N) is 1. The van der Waals surface area contributed by atoms with Gasteiger partial charge in [-0.25, -0.2) is 4.79 Å². The lowest BCUT2D eigenvalue weighted by Crippen LogP contribution is -2.65. The van der Waals surface area contributed by atoms with Crippen LogP contribution < -0.4 is 10.1 Å². The Morgan fingerprint density at radius 3 is 2.29 bits per heavy atom. The van der Waals surface area contributed by atoms with Crippen molar-refractivity contribution in [2.45, 2.75) is 59.6 Å². The molecule has 0 atom stereocenters. The molecule has 0 unspecified atom stereocenters. The molecule has 0 aliphatic carbocycles. The van der Waals surface area contributed by atoms with E-state index in [0.29, 0.717) is 38.1 Å². The number of methoxy groups -OCH3 is 1. The SMILES string of the molecule is COc1cc(C)c(CC(C)C)cc1NCC(=O)N1CCN(C2CN(C(=O)OC(C)(C)C)C2)CC1. The van der Waals surface area contributed by atoms with E-state index in [9.17, 15) is 9.59 Å². The normalized spacial score (nSPS) is 17.5. The fourth-order valence-electron chi connectivity index (χ4n) is 4.47. The minimum absolute atomic E-state index is 0.0941. The Labute approximate surface area is 204 Å². The van der Waals surface area contributed by atoms with Gasteiger partial charge in [0.25, 0.3) is 0 Å². The number of aryl methyl sites for hydroxylation is 1. The third kappa shape index (κ3) is 6.78. The lowest BCUT2D eigenvalue weighted by molar-refractivity contribution is -0.131. The van der Waals surface area contributed by atoms with Crippen molar-refractivity contribution in [1.82, 2.24) is 14.7 Å². The van der Waals surface area contributed by atoms with Gasteiger partial charge < -0.3 is 24.6 Å². The van der Waals surface area contributed by atoms with Crippen molar-refractivity contribution in [2.24, 2.45) is 5.92 Å². The Morgan fingerprint density at radius 2 is 1.74 bits per heavy atom. The summed E-state index contributed by atoms with van der Waals surface area (Å²) in [5.74, 6) is 1.42. The monoisotopic (exact) mass is 474 g/mol. The highest BCUT2D eigenvalue weighted by Crippen LogP contribution is 2.29. The largest absolute Gasteiger partial charge is 0.495 e. The molecule has 1 N–H and O–H groups in total. The molecule has 2 heterocycles. The smallest absolute Gasteiger partial charge is 0.410 e. The zero-order chi connectivity index (χ0) is 25.0. The first-order valence-electron chi connectivity index (χ1n) is 12.4. The van der Waals surface area contributed by atoms with E-state index in [1.165, 1.54) is 11.1 Å². The molecule has 2 aliphatic heterocycles. The summed E-state index contributed by atoms with van der Waals surface area (Å²) in [6.07, 6.45) is 0.749. The van der Waals surface area contributed by atoms with Gasteiger partial charge in [0.1, 0.15) is 11.4 Å². The topological polar surface area (TPSA) is 74.4 Å². The van der Waals surface area contributed by atoms with Gasteiger partial charge in [0.2, 0.25) is 5.91 Å². The molecule has 8 heteroatoms. The number of nitrogens with zero attached hydrogens (tertiary/aromatic N) is 3. The highest BCUT2D eigenvalue weighted by atomic mass is 16.6. The highest BCUT2D eigenvalue weighted by Gasteiger charge is 2.38. The van der Waals surface area contributed by atoms with Crippen molar-refractivity contribution in [3.8, 4) is 5.75 Å². The van der Waals surface area contributed by atoms with Crippen LogP contribution in [0.3, 0.4) is 0 Å². The molecule has 0 aromatic heterocycles. The number of benzene rings is 1. The zero-order valence-electron chi connectivity index (χ0n) is 21.9. The van der Waals surface area contributed by atoms with E-state index in [1.54, 1.807) is 12.0 Å². The Balaban J connectivity index is 1.46. The van der Waals surface area contributed by atoms with Crippen LogP contribution in [0.2, 0.25) is 0 Å². The van der Waals surface area contributed by atoms with Gasteiger partial charge in [-0.05, 0) is 63.3 Å². The number of likely N-dealkylation sites (tertiary alicyclic amines) is 1. The van der Waals surface area contributed by atoms with Crippen LogP contribution in [-0.4, -0.2) is 91.3 Å². The summed E-state index contributed by atoms with van der Waals surface area (Å²) < 4.78 is 11.0. The average Bonchev–Trinajstić information content (AvgIpc) is 2.71. The van der Waals surface area contributed by atoms with Gasteiger partial charge in [-0.3, -0.25) is 9.69 Å². The summed E-state index contributed by atoms with van der Waals surface area (Å²) >= 11 is 0. The summed E-state index contributed by atoms with van der Waals surface area (Å²) in [7, 11) is 1.66. The van der Waals surface area contributed by atoms with Crippen molar-refractivity contribution in [1.29, 1.82) is 0 Å². The van der Waals surface area contributed by atoms with Crippen LogP contribution in [0.15, 0.2) is 12.1 Å². The van der Waals surface area contributed by atoms with Gasteiger partial charge in [0.15, 0.2) is 0 Å². The molecule has 34 heavy (non-hydrogen) atoms. The number of amides is 2. The second kappa shape index (κ2) is 10.8. The average molecular weight is 475 g/mol. The summed E-state index contributed by atoms with van der Waals surface area (Å²) in [6.45, 7) is 16.8. The van der Waals surface area contributed by atoms with Crippen molar-refractivity contribution in [3.63, 3.8) is 0 Å². The number of anilines is 1. The van der Waals surface area contributed by atoms with Crippen LogP contribution in [0.4, 0.5) is 10.5 Å². The van der Waals surface area contributed by atoms with Gasteiger partial charge >= 0.3 is 6.09 Å². The first-order valence-corrected chi connectivity index (χ1v) is 12.4. The first kappa shape index (κ1) is 26.1. The predicted octanol–water partition coefficient (Wildman–Crippen LogP) is 3.38. The third-order valence-corrected chi connectivity index (χ3v) is 6.41. The molecule has 0 radical (unpaired) electrons. The predicted molar refractivity (Wildman–Crippen MR) is 135 cm³/mol. The summed E-state index contributed by atoms with van der Waals surface area (Å²) in [6, 6.07) is 4.51. The molecular formula is C26H42N4O4. The number of hydrogen-bond donors (Lipinski definition) is 1. The lowest BCUT2D eigenvalue weighted by Gasteiger charge is -2.48. The summed E-state index contributed by atoms with van der Waals surface area (Å²) in [5, 5.41) is 3.31. The number of carbonyl (C=O) groups is 2. The van der Waals surface area contributed by atoms with Crippen LogP contribution in [0.5, 0.6) is 5.75 Å². The van der Waals surface area contributed by atoms with E-state index < -0.39 is 5.60 Å². The second-order valence-electron chi connectivity index (χ2n) is 10.9. The Morgan fingerprint density at radius 1 is 1.09 bits per heavy atom. The maximum absolute atomic E-state index is 12.9. The van der Waals surface area contributed by atoms with E-state index in [2.05, 4.69) is 37.1 Å². The van der Waals surface area contributed by atoms with E-state index in [1.807, 2.05) is 31.7 Å². The number of rotatable bonds is 7. The van der Waals surface area contributed by atoms with Gasteiger partial charge in [0.05, 0.1) is 19.3 Å². The molecule has 0 bridgehead atoms. The molecule has 1 aromatic carbocycles. The van der Waals surface area contributed by atoms with Gasteiger partial charge in [0, 0.05) is 45.3 Å². The van der Waals surface area contributed by atoms with E-state index in [4.69, 9.17) is 9.47 Å². The molecule has 1 aromatic rings. The van der Waals surface area contributed by atoms with E-state index in [0.717, 1.165) is 30.9 Å². The Bertz CT molecular complexity index is 866. The summed E-state index contributed by atoms with van der Waals surface area (Å²) in [5.41, 5.74) is 2.88. The van der Waals surface area contributed by atoms with Crippen molar-refractivity contribution in [3.05, 3.63) is 23.3 Å². The van der Waals surface area contributed by atoms with Crippen LogP contribution in [-0.2, 0) is 16.0 Å². The summed E-state index contributed by atoms with van der Waals surface area (Å²) in [4.78, 5) is 31.1. The maximum atomic E-state index is 12.9. The minimum Gasteiger partial charge on any atom is -0.495 e. The van der Waals surface area contributed by atoms with Crippen LogP contribution in [0, 0.1) is 12.8 Å². The van der Waals surface area contributed by atoms with Gasteiger partial charge in [-0.15, -0.1) is 0 Å². The van der Waals surface area contributed by atoms with Crippen molar-refractivity contribution in [2.75, 3.05) is 58.2 Å². The molecule has 2 saturated heterocycles. The number of carbonyl (C=O) groups excluding carboxylic acids is 2. The number of ether oxygens (including phenoxy) is 2. The fraction of sp³-hybridized carbons (Fsp3) is 0.692. The number of piperazine rings is 1. The number of hydrogen-bond acceptors (Lipinski definition) is 6. The zero-order valence-corrected chi connectivity index (χ0v) is 21.9. The molecule has 2 aliphatic rings. The van der Waals surface area contributed by atoms with E-state index in [-0.39, 0.29) is 18.5 Å². The molecular weight excluding hydrogens is 432 g/mol. The van der Waals surface area contributed by atoms with Gasteiger partial charge in [-0.1, -0.05) is 13.8 Å².